The summed E-state index contributed by atoms with van der Waals surface area (Å²) >= 11 is 0. The average molecular weight is 280 g/mol. The van der Waals surface area contributed by atoms with Crippen LogP contribution in [0.1, 0.15) is 65.2 Å². The minimum Gasteiger partial charge on any atom is -0.337 e. The number of hydrogen-bond donors (Lipinski definition) is 1. The fourth-order valence-electron chi connectivity index (χ4n) is 3.79. The van der Waals surface area contributed by atoms with Crippen molar-refractivity contribution < 1.29 is 4.79 Å². The minimum absolute atomic E-state index is 0.405. The maximum absolute atomic E-state index is 12.5. The van der Waals surface area contributed by atoms with Crippen molar-refractivity contribution >= 4 is 5.91 Å². The van der Waals surface area contributed by atoms with Crippen molar-refractivity contribution in [3.63, 3.8) is 0 Å². The fourth-order valence-corrected chi connectivity index (χ4v) is 3.79. The zero-order valence-electron chi connectivity index (χ0n) is 13.4. The second-order valence-electron chi connectivity index (χ2n) is 7.12. The molecule has 2 aliphatic rings. The van der Waals surface area contributed by atoms with Gasteiger partial charge >= 0.3 is 0 Å². The van der Waals surface area contributed by atoms with E-state index in [4.69, 9.17) is 0 Å². The Bertz CT molecular complexity index is 297. The second kappa shape index (κ2) is 8.02. The highest BCUT2D eigenvalue weighted by molar-refractivity contribution is 5.76. The van der Waals surface area contributed by atoms with Gasteiger partial charge in [0.1, 0.15) is 0 Å². The van der Waals surface area contributed by atoms with E-state index in [-0.39, 0.29) is 0 Å². The zero-order valence-corrected chi connectivity index (χ0v) is 13.4. The van der Waals surface area contributed by atoms with Gasteiger partial charge in [0.15, 0.2) is 0 Å². The first-order valence-corrected chi connectivity index (χ1v) is 8.67. The van der Waals surface area contributed by atoms with E-state index in [1.807, 2.05) is 0 Å². The van der Waals surface area contributed by atoms with E-state index in [0.29, 0.717) is 17.9 Å². The van der Waals surface area contributed by atoms with E-state index in [2.05, 4.69) is 24.1 Å². The highest BCUT2D eigenvalue weighted by atomic mass is 16.2. The van der Waals surface area contributed by atoms with E-state index < -0.39 is 0 Å². The smallest absolute Gasteiger partial charge is 0.222 e. The predicted molar refractivity (Wildman–Crippen MR) is 83.6 cm³/mol. The SMILES string of the molecule is CC(C)CC1CNCCN1C(=O)CCC1CCCCC1. The van der Waals surface area contributed by atoms with E-state index >= 15 is 0 Å². The van der Waals surface area contributed by atoms with E-state index in [1.165, 1.54) is 32.1 Å². The molecule has 1 saturated heterocycles. The Morgan fingerprint density at radius 2 is 2.00 bits per heavy atom. The predicted octanol–water partition coefficient (Wildman–Crippen LogP) is 3.19. The van der Waals surface area contributed by atoms with Crippen molar-refractivity contribution in [3.8, 4) is 0 Å². The van der Waals surface area contributed by atoms with Gasteiger partial charge in [-0.25, -0.2) is 0 Å². The van der Waals surface area contributed by atoms with Gasteiger partial charge in [-0.1, -0.05) is 46.0 Å². The Balaban J connectivity index is 1.79. The molecule has 20 heavy (non-hydrogen) atoms. The summed E-state index contributed by atoms with van der Waals surface area (Å²) < 4.78 is 0. The molecule has 0 aromatic heterocycles. The molecule has 0 aromatic rings. The molecule has 0 radical (unpaired) electrons. The molecule has 1 aliphatic heterocycles. The molecule has 1 unspecified atom stereocenters. The summed E-state index contributed by atoms with van der Waals surface area (Å²) in [6, 6.07) is 0.419. The number of hydrogen-bond acceptors (Lipinski definition) is 2. The molecule has 116 valence electrons. The number of rotatable bonds is 5. The molecule has 1 amide bonds. The zero-order chi connectivity index (χ0) is 14.4. The Morgan fingerprint density at radius 1 is 1.25 bits per heavy atom. The molecule has 1 heterocycles. The third-order valence-corrected chi connectivity index (χ3v) is 4.91. The highest BCUT2D eigenvalue weighted by Crippen LogP contribution is 2.27. The number of carbonyl (C=O) groups excluding carboxylic acids is 1. The maximum Gasteiger partial charge on any atom is 0.222 e. The summed E-state index contributed by atoms with van der Waals surface area (Å²) in [5.74, 6) is 1.88. The lowest BCUT2D eigenvalue weighted by Gasteiger charge is -2.37. The third-order valence-electron chi connectivity index (χ3n) is 4.91. The molecule has 1 N–H and O–H groups in total. The van der Waals surface area contributed by atoms with Crippen LogP contribution >= 0.6 is 0 Å². The lowest BCUT2D eigenvalue weighted by Crippen LogP contribution is -2.54. The summed E-state index contributed by atoms with van der Waals surface area (Å²) in [7, 11) is 0. The Morgan fingerprint density at radius 3 is 2.70 bits per heavy atom. The molecule has 3 nitrogen and oxygen atoms in total. The van der Waals surface area contributed by atoms with Gasteiger partial charge in [0, 0.05) is 32.1 Å². The highest BCUT2D eigenvalue weighted by Gasteiger charge is 2.27. The molecule has 1 saturated carbocycles. The van der Waals surface area contributed by atoms with Gasteiger partial charge < -0.3 is 10.2 Å². The first-order chi connectivity index (χ1) is 9.66. The van der Waals surface area contributed by atoms with Gasteiger partial charge in [-0.15, -0.1) is 0 Å². The van der Waals surface area contributed by atoms with Crippen molar-refractivity contribution in [3.05, 3.63) is 0 Å². The topological polar surface area (TPSA) is 32.3 Å². The minimum atomic E-state index is 0.405. The molecule has 1 aliphatic carbocycles. The van der Waals surface area contributed by atoms with Crippen LogP contribution in [0.5, 0.6) is 0 Å². The number of amides is 1. The molecule has 0 bridgehead atoms. The van der Waals surface area contributed by atoms with Gasteiger partial charge in [-0.3, -0.25) is 4.79 Å². The molecule has 3 heteroatoms. The molecule has 1 atom stereocenters. The van der Waals surface area contributed by atoms with Crippen molar-refractivity contribution in [2.24, 2.45) is 11.8 Å². The number of nitrogens with zero attached hydrogens (tertiary/aromatic N) is 1. The quantitative estimate of drug-likeness (QED) is 0.839. The van der Waals surface area contributed by atoms with Crippen LogP contribution in [0.4, 0.5) is 0 Å². The average Bonchev–Trinajstić information content (AvgIpc) is 2.46. The monoisotopic (exact) mass is 280 g/mol. The van der Waals surface area contributed by atoms with Crippen molar-refractivity contribution in [2.75, 3.05) is 19.6 Å². The first-order valence-electron chi connectivity index (χ1n) is 8.67. The van der Waals surface area contributed by atoms with Crippen LogP contribution in [-0.4, -0.2) is 36.5 Å². The van der Waals surface area contributed by atoms with Crippen LogP contribution in [0, 0.1) is 11.8 Å². The summed E-state index contributed by atoms with van der Waals surface area (Å²) in [6.45, 7) is 7.34. The first kappa shape index (κ1) is 15.8. The normalized spacial score (nSPS) is 25.1. The number of nitrogens with one attached hydrogen (secondary N) is 1. The number of piperazine rings is 1. The van der Waals surface area contributed by atoms with Crippen LogP contribution in [0.2, 0.25) is 0 Å². The lowest BCUT2D eigenvalue weighted by molar-refractivity contribution is -0.135. The maximum atomic E-state index is 12.5. The van der Waals surface area contributed by atoms with Gasteiger partial charge in [0.25, 0.3) is 0 Å². The standard InChI is InChI=1S/C17H32N2O/c1-14(2)12-16-13-18-10-11-19(16)17(20)9-8-15-6-4-3-5-7-15/h14-16,18H,3-13H2,1-2H3. The van der Waals surface area contributed by atoms with E-state index in [1.54, 1.807) is 0 Å². The Labute approximate surface area is 124 Å². The van der Waals surface area contributed by atoms with E-state index in [0.717, 1.165) is 44.8 Å². The van der Waals surface area contributed by atoms with Crippen LogP contribution in [0.25, 0.3) is 0 Å². The molecular weight excluding hydrogens is 248 g/mol. The third kappa shape index (κ3) is 4.76. The molecule has 2 rings (SSSR count). The summed E-state index contributed by atoms with van der Waals surface area (Å²) in [4.78, 5) is 14.7. The summed E-state index contributed by atoms with van der Waals surface area (Å²) in [6.07, 6.45) is 9.89. The van der Waals surface area contributed by atoms with Crippen molar-refractivity contribution in [1.29, 1.82) is 0 Å². The van der Waals surface area contributed by atoms with Crippen molar-refractivity contribution in [2.45, 2.75) is 71.3 Å². The van der Waals surface area contributed by atoms with Crippen LogP contribution < -0.4 is 5.32 Å². The Kier molecular flexibility index (Phi) is 6.34. The largest absolute Gasteiger partial charge is 0.337 e. The number of carbonyl (C=O) groups is 1. The fraction of sp³-hybridized carbons (Fsp3) is 0.941. The van der Waals surface area contributed by atoms with Gasteiger partial charge in [0.2, 0.25) is 5.91 Å². The van der Waals surface area contributed by atoms with Gasteiger partial charge in [-0.2, -0.15) is 0 Å². The summed E-state index contributed by atoms with van der Waals surface area (Å²) in [5, 5.41) is 3.44. The second-order valence-corrected chi connectivity index (χ2v) is 7.12. The Hall–Kier alpha value is -0.570. The van der Waals surface area contributed by atoms with E-state index in [9.17, 15) is 4.79 Å². The summed E-state index contributed by atoms with van der Waals surface area (Å²) in [5.41, 5.74) is 0. The van der Waals surface area contributed by atoms with Crippen LogP contribution in [-0.2, 0) is 4.79 Å². The van der Waals surface area contributed by atoms with Crippen LogP contribution in [0.15, 0.2) is 0 Å². The molecule has 2 fully saturated rings. The molecule has 0 aromatic carbocycles. The van der Waals surface area contributed by atoms with Crippen molar-refractivity contribution in [1.82, 2.24) is 10.2 Å². The van der Waals surface area contributed by atoms with Crippen LogP contribution in [0.3, 0.4) is 0 Å². The van der Waals surface area contributed by atoms with Gasteiger partial charge in [-0.05, 0) is 24.7 Å². The molecule has 0 spiro atoms. The molecular formula is C17H32N2O. The lowest BCUT2D eigenvalue weighted by atomic mass is 9.86. The van der Waals surface area contributed by atoms with Gasteiger partial charge in [0.05, 0.1) is 0 Å².